The van der Waals surface area contributed by atoms with E-state index >= 15 is 0 Å². The van der Waals surface area contributed by atoms with E-state index < -0.39 is 11.6 Å². The van der Waals surface area contributed by atoms with Crippen molar-refractivity contribution in [2.75, 3.05) is 13.2 Å². The number of benzene rings is 2. The van der Waals surface area contributed by atoms with Crippen molar-refractivity contribution in [3.63, 3.8) is 0 Å². The third-order valence-electron chi connectivity index (χ3n) is 5.89. The fourth-order valence-electron chi connectivity index (χ4n) is 3.89. The Morgan fingerprint density at radius 3 is 2.38 bits per heavy atom. The highest BCUT2D eigenvalue weighted by atomic mass is 16.5. The van der Waals surface area contributed by atoms with E-state index in [4.69, 9.17) is 4.74 Å². The summed E-state index contributed by atoms with van der Waals surface area (Å²) in [6.45, 7) is 2.82. The number of nitrogens with zero attached hydrogens (tertiary/aromatic N) is 2. The average molecular weight is 463 g/mol. The molecule has 1 fully saturated rings. The molecule has 2 aromatic rings. The molecular weight excluding hydrogens is 432 g/mol. The van der Waals surface area contributed by atoms with Gasteiger partial charge in [0.15, 0.2) is 5.54 Å². The van der Waals surface area contributed by atoms with Gasteiger partial charge in [-0.3, -0.25) is 9.59 Å². The predicted octanol–water partition coefficient (Wildman–Crippen LogP) is 3.14. The molecule has 3 rings (SSSR count). The predicted molar refractivity (Wildman–Crippen MR) is 126 cm³/mol. The number of hydrogen-bond donors (Lipinski definition) is 2. The van der Waals surface area contributed by atoms with Crippen LogP contribution in [-0.2, 0) is 27.4 Å². The van der Waals surface area contributed by atoms with Crippen LogP contribution in [0.15, 0.2) is 60.7 Å². The minimum absolute atomic E-state index is 0.0405. The molecule has 8 heteroatoms. The fraction of sp³-hybridized carbons (Fsp3) is 0.385. The van der Waals surface area contributed by atoms with E-state index in [0.717, 1.165) is 11.1 Å². The van der Waals surface area contributed by atoms with Crippen LogP contribution in [0.25, 0.3) is 0 Å². The molecule has 0 saturated carbocycles. The average Bonchev–Trinajstić information content (AvgIpc) is 3.24. The summed E-state index contributed by atoms with van der Waals surface area (Å²) < 4.78 is 5.25. The third kappa shape index (κ3) is 6.82. The van der Waals surface area contributed by atoms with Gasteiger partial charge in [0.1, 0.15) is 0 Å². The summed E-state index contributed by atoms with van der Waals surface area (Å²) in [6, 6.07) is 21.2. The van der Waals surface area contributed by atoms with Gasteiger partial charge >= 0.3 is 6.09 Å². The van der Waals surface area contributed by atoms with Gasteiger partial charge in [-0.2, -0.15) is 5.26 Å². The minimum Gasteiger partial charge on any atom is -0.450 e. The van der Waals surface area contributed by atoms with Gasteiger partial charge in [0.2, 0.25) is 11.8 Å². The van der Waals surface area contributed by atoms with Crippen LogP contribution in [0.1, 0.15) is 37.3 Å². The Balaban J connectivity index is 1.53. The number of nitriles is 1. The van der Waals surface area contributed by atoms with Gasteiger partial charge in [0, 0.05) is 19.5 Å². The first kappa shape index (κ1) is 24.8. The molecule has 1 heterocycles. The number of hydrogen-bond acceptors (Lipinski definition) is 5. The lowest BCUT2D eigenvalue weighted by Crippen LogP contribution is -2.52. The summed E-state index contributed by atoms with van der Waals surface area (Å²) in [5.74, 6) is -0.521. The summed E-state index contributed by atoms with van der Waals surface area (Å²) in [5, 5.41) is 15.3. The molecule has 0 aromatic heterocycles. The second-order valence-electron chi connectivity index (χ2n) is 8.64. The molecule has 2 atom stereocenters. The van der Waals surface area contributed by atoms with Crippen LogP contribution in [-0.4, -0.2) is 41.5 Å². The van der Waals surface area contributed by atoms with Crippen molar-refractivity contribution in [3.05, 3.63) is 71.8 Å². The SMILES string of the molecule is CC(CCOC(=O)NCc1ccccc1)CC(=O)N(Cc1ccccc1)C1(C#N)CNC(=O)C1. The molecule has 2 N–H and O–H groups in total. The molecule has 0 bridgehead atoms. The lowest BCUT2D eigenvalue weighted by atomic mass is 9.94. The van der Waals surface area contributed by atoms with Crippen molar-refractivity contribution in [3.8, 4) is 6.07 Å². The molecule has 178 valence electrons. The van der Waals surface area contributed by atoms with Crippen LogP contribution in [0.5, 0.6) is 0 Å². The number of ether oxygens (including phenoxy) is 1. The molecule has 0 radical (unpaired) electrons. The first-order chi connectivity index (χ1) is 16.4. The Kier molecular flexibility index (Phi) is 8.63. The maximum Gasteiger partial charge on any atom is 0.407 e. The first-order valence-electron chi connectivity index (χ1n) is 11.4. The zero-order valence-electron chi connectivity index (χ0n) is 19.3. The van der Waals surface area contributed by atoms with Gasteiger partial charge in [0.25, 0.3) is 0 Å². The summed E-state index contributed by atoms with van der Waals surface area (Å²) in [4.78, 5) is 38.7. The number of carbonyl (C=O) groups excluding carboxylic acids is 3. The van der Waals surface area contributed by atoms with Crippen LogP contribution in [0.3, 0.4) is 0 Å². The maximum absolute atomic E-state index is 13.3. The Labute approximate surface area is 199 Å². The Morgan fingerprint density at radius 1 is 1.15 bits per heavy atom. The molecule has 0 spiro atoms. The zero-order valence-corrected chi connectivity index (χ0v) is 19.3. The highest BCUT2D eigenvalue weighted by Crippen LogP contribution is 2.27. The molecule has 1 aliphatic heterocycles. The molecule has 1 aliphatic rings. The zero-order chi connectivity index (χ0) is 24.4. The summed E-state index contributed by atoms with van der Waals surface area (Å²) >= 11 is 0. The van der Waals surface area contributed by atoms with Crippen molar-refractivity contribution in [2.24, 2.45) is 5.92 Å². The topological polar surface area (TPSA) is 112 Å². The van der Waals surface area contributed by atoms with E-state index in [2.05, 4.69) is 16.7 Å². The summed E-state index contributed by atoms with van der Waals surface area (Å²) in [5.41, 5.74) is 0.650. The molecule has 8 nitrogen and oxygen atoms in total. The van der Waals surface area contributed by atoms with Crippen LogP contribution in [0, 0.1) is 17.2 Å². The van der Waals surface area contributed by atoms with Gasteiger partial charge in [-0.05, 0) is 23.5 Å². The van der Waals surface area contributed by atoms with Gasteiger partial charge in [-0.15, -0.1) is 0 Å². The van der Waals surface area contributed by atoms with Crippen LogP contribution >= 0.6 is 0 Å². The summed E-state index contributed by atoms with van der Waals surface area (Å²) in [7, 11) is 0. The van der Waals surface area contributed by atoms with E-state index in [-0.39, 0.29) is 50.3 Å². The molecule has 2 unspecified atom stereocenters. The van der Waals surface area contributed by atoms with E-state index in [9.17, 15) is 19.6 Å². The fourth-order valence-corrected chi connectivity index (χ4v) is 3.89. The maximum atomic E-state index is 13.3. The van der Waals surface area contributed by atoms with E-state index in [0.29, 0.717) is 13.0 Å². The smallest absolute Gasteiger partial charge is 0.407 e. The van der Waals surface area contributed by atoms with Crippen LogP contribution < -0.4 is 10.6 Å². The Bertz CT molecular complexity index is 1020. The second-order valence-corrected chi connectivity index (χ2v) is 8.64. The molecule has 2 aromatic carbocycles. The number of nitrogens with one attached hydrogen (secondary N) is 2. The van der Waals surface area contributed by atoms with Crippen LogP contribution in [0.2, 0.25) is 0 Å². The van der Waals surface area contributed by atoms with Gasteiger partial charge < -0.3 is 20.3 Å². The van der Waals surface area contributed by atoms with Crippen molar-refractivity contribution < 1.29 is 19.1 Å². The highest BCUT2D eigenvalue weighted by Gasteiger charge is 2.46. The van der Waals surface area contributed by atoms with Gasteiger partial charge in [-0.1, -0.05) is 67.6 Å². The normalized spacial score (nSPS) is 17.8. The largest absolute Gasteiger partial charge is 0.450 e. The van der Waals surface area contributed by atoms with Gasteiger partial charge in [-0.25, -0.2) is 4.79 Å². The standard InChI is InChI=1S/C26H30N4O4/c1-20(12-13-34-25(33)28-16-21-8-4-2-5-9-21)14-24(32)30(17-22-10-6-3-7-11-22)26(18-27)15-23(31)29-19-26/h2-11,20H,12-17,19H2,1H3,(H,28,33)(H,29,31). The molecule has 3 amide bonds. The van der Waals surface area contributed by atoms with Crippen molar-refractivity contribution in [1.82, 2.24) is 15.5 Å². The first-order valence-corrected chi connectivity index (χ1v) is 11.4. The lowest BCUT2D eigenvalue weighted by molar-refractivity contribution is -0.137. The monoisotopic (exact) mass is 462 g/mol. The van der Waals surface area contributed by atoms with Crippen molar-refractivity contribution >= 4 is 17.9 Å². The third-order valence-corrected chi connectivity index (χ3v) is 5.89. The highest BCUT2D eigenvalue weighted by molar-refractivity contribution is 5.84. The molecule has 0 aliphatic carbocycles. The minimum atomic E-state index is -1.21. The quantitative estimate of drug-likeness (QED) is 0.563. The number of alkyl carbamates (subject to hydrolysis) is 1. The van der Waals surface area contributed by atoms with E-state index in [1.165, 1.54) is 4.90 Å². The second kappa shape index (κ2) is 11.8. The van der Waals surface area contributed by atoms with Crippen LogP contribution in [0.4, 0.5) is 4.79 Å². The van der Waals surface area contributed by atoms with Crippen molar-refractivity contribution in [2.45, 2.75) is 44.8 Å². The lowest BCUT2D eigenvalue weighted by Gasteiger charge is -2.35. The van der Waals surface area contributed by atoms with E-state index in [1.54, 1.807) is 0 Å². The number of rotatable bonds is 10. The number of amides is 3. The van der Waals surface area contributed by atoms with Gasteiger partial charge in [0.05, 0.1) is 25.6 Å². The summed E-state index contributed by atoms with van der Waals surface area (Å²) in [6.07, 6.45) is 0.133. The van der Waals surface area contributed by atoms with E-state index in [1.807, 2.05) is 67.6 Å². The Morgan fingerprint density at radius 2 is 1.79 bits per heavy atom. The molecule has 34 heavy (non-hydrogen) atoms. The number of carbonyl (C=O) groups is 3. The molecule has 1 saturated heterocycles. The Hall–Kier alpha value is -3.86. The molecular formula is C26H30N4O4. The van der Waals surface area contributed by atoms with Crippen molar-refractivity contribution in [1.29, 1.82) is 5.26 Å².